The van der Waals surface area contributed by atoms with Crippen LogP contribution in [-0.4, -0.2) is 35.4 Å². The number of carbonyl (C=O) groups is 2. The zero-order chi connectivity index (χ0) is 20.3. The number of carbonyl (C=O) groups excluding carboxylic acids is 2. The minimum atomic E-state index is -0.553. The molecule has 0 fully saturated rings. The van der Waals surface area contributed by atoms with E-state index in [1.54, 1.807) is 26.0 Å². The van der Waals surface area contributed by atoms with Gasteiger partial charge in [0.15, 0.2) is 0 Å². The zero-order valence-electron chi connectivity index (χ0n) is 15.7. The predicted octanol–water partition coefficient (Wildman–Crippen LogP) is 3.60. The normalized spacial score (nSPS) is 10.7. The number of rotatable bonds is 6. The highest BCUT2D eigenvalue weighted by atomic mass is 19.1. The fourth-order valence-electron chi connectivity index (χ4n) is 2.88. The van der Waals surface area contributed by atoms with Gasteiger partial charge in [-0.1, -0.05) is 0 Å². The van der Waals surface area contributed by atoms with Crippen molar-refractivity contribution >= 4 is 11.9 Å². The number of esters is 2. The van der Waals surface area contributed by atoms with Crippen LogP contribution >= 0.6 is 0 Å². The van der Waals surface area contributed by atoms with Crippen LogP contribution in [-0.2, 0) is 16.0 Å². The van der Waals surface area contributed by atoms with Crippen LogP contribution < -0.4 is 0 Å². The van der Waals surface area contributed by atoms with Gasteiger partial charge < -0.3 is 13.9 Å². The summed E-state index contributed by atoms with van der Waals surface area (Å²) in [4.78, 5) is 24.1. The molecule has 0 N–H and O–H groups in total. The van der Waals surface area contributed by atoms with Gasteiger partial charge >= 0.3 is 11.9 Å². The summed E-state index contributed by atoms with van der Waals surface area (Å²) in [6, 6.07) is 5.74. The maximum Gasteiger partial charge on any atom is 0.341 e. The van der Waals surface area contributed by atoms with E-state index in [2.05, 4.69) is 5.10 Å². The maximum atomic E-state index is 13.3. The van der Waals surface area contributed by atoms with Crippen LogP contribution in [0.1, 0.15) is 39.0 Å². The Morgan fingerprint density at radius 1 is 1.21 bits per heavy atom. The molecule has 0 atom stereocenters. The molecule has 1 aromatic carbocycles. The third-order valence-corrected chi connectivity index (χ3v) is 4.14. The maximum absolute atomic E-state index is 13.3. The highest BCUT2D eigenvalue weighted by molar-refractivity contribution is 5.94. The van der Waals surface area contributed by atoms with Crippen molar-refractivity contribution in [1.82, 2.24) is 9.78 Å². The van der Waals surface area contributed by atoms with E-state index in [0.29, 0.717) is 28.2 Å². The number of halogens is 1. The molecule has 0 radical (unpaired) electrons. The molecule has 0 amide bonds. The molecule has 28 heavy (non-hydrogen) atoms. The largest absolute Gasteiger partial charge is 0.465 e. The van der Waals surface area contributed by atoms with Crippen molar-refractivity contribution in [2.75, 3.05) is 13.7 Å². The van der Waals surface area contributed by atoms with Crippen molar-refractivity contribution in [2.24, 2.45) is 0 Å². The van der Waals surface area contributed by atoms with E-state index in [0.717, 1.165) is 0 Å². The van der Waals surface area contributed by atoms with Gasteiger partial charge in [-0.3, -0.25) is 4.68 Å². The first-order chi connectivity index (χ1) is 13.4. The lowest BCUT2D eigenvalue weighted by Gasteiger charge is -2.06. The van der Waals surface area contributed by atoms with Crippen LogP contribution in [0.2, 0.25) is 0 Å². The summed E-state index contributed by atoms with van der Waals surface area (Å²) in [6.45, 7) is 3.77. The van der Waals surface area contributed by atoms with Crippen molar-refractivity contribution in [1.29, 1.82) is 0 Å². The Morgan fingerprint density at radius 2 is 1.93 bits per heavy atom. The Labute approximate surface area is 160 Å². The van der Waals surface area contributed by atoms with E-state index < -0.39 is 11.9 Å². The van der Waals surface area contributed by atoms with Crippen LogP contribution in [0.3, 0.4) is 0 Å². The summed E-state index contributed by atoms with van der Waals surface area (Å²) < 4.78 is 30.4. The van der Waals surface area contributed by atoms with Gasteiger partial charge in [0.05, 0.1) is 32.0 Å². The number of nitrogens with zero attached hydrogens (tertiary/aromatic N) is 2. The van der Waals surface area contributed by atoms with Crippen molar-refractivity contribution in [3.63, 3.8) is 0 Å². The van der Waals surface area contributed by atoms with E-state index in [1.807, 2.05) is 0 Å². The second-order valence-corrected chi connectivity index (χ2v) is 5.99. The molecule has 7 nitrogen and oxygen atoms in total. The molecule has 0 bridgehead atoms. The van der Waals surface area contributed by atoms with E-state index >= 15 is 0 Å². The molecule has 0 spiro atoms. The summed E-state index contributed by atoms with van der Waals surface area (Å²) in [5.41, 5.74) is 1.70. The van der Waals surface area contributed by atoms with E-state index in [9.17, 15) is 14.0 Å². The van der Waals surface area contributed by atoms with Crippen molar-refractivity contribution < 1.29 is 27.9 Å². The fraction of sp³-hybridized carbons (Fsp3) is 0.250. The van der Waals surface area contributed by atoms with Gasteiger partial charge in [-0.2, -0.15) is 5.10 Å². The molecule has 2 heterocycles. The van der Waals surface area contributed by atoms with E-state index in [1.165, 1.54) is 36.3 Å². The number of benzene rings is 1. The van der Waals surface area contributed by atoms with Gasteiger partial charge in [-0.05, 0) is 38.1 Å². The Kier molecular flexibility index (Phi) is 5.58. The molecule has 2 aromatic heterocycles. The van der Waals surface area contributed by atoms with Gasteiger partial charge in [-0.25, -0.2) is 14.0 Å². The second kappa shape index (κ2) is 8.08. The van der Waals surface area contributed by atoms with Gasteiger partial charge in [0.25, 0.3) is 0 Å². The summed E-state index contributed by atoms with van der Waals surface area (Å²) in [6.07, 6.45) is 2.91. The number of hydrogen-bond acceptors (Lipinski definition) is 6. The van der Waals surface area contributed by atoms with Gasteiger partial charge in [-0.15, -0.1) is 0 Å². The lowest BCUT2D eigenvalue weighted by Crippen LogP contribution is -2.09. The molecule has 0 unspecified atom stereocenters. The van der Waals surface area contributed by atoms with Crippen LogP contribution in [0.4, 0.5) is 4.39 Å². The molecule has 0 saturated heterocycles. The zero-order valence-corrected chi connectivity index (χ0v) is 15.7. The smallest absolute Gasteiger partial charge is 0.341 e. The van der Waals surface area contributed by atoms with E-state index in [4.69, 9.17) is 13.9 Å². The molecule has 0 aliphatic heterocycles. The molecule has 3 aromatic rings. The molecular weight excluding hydrogens is 367 g/mol. The van der Waals surface area contributed by atoms with Crippen LogP contribution in [0.15, 0.2) is 41.1 Å². The molecule has 0 aliphatic rings. The first kappa shape index (κ1) is 19.3. The Hall–Kier alpha value is -3.42. The highest BCUT2D eigenvalue weighted by Crippen LogP contribution is 2.32. The fourth-order valence-corrected chi connectivity index (χ4v) is 2.88. The highest BCUT2D eigenvalue weighted by Gasteiger charge is 2.25. The third kappa shape index (κ3) is 3.80. The number of aromatic nitrogens is 2. The summed E-state index contributed by atoms with van der Waals surface area (Å²) in [5, 5.41) is 4.16. The van der Waals surface area contributed by atoms with Gasteiger partial charge in [0.1, 0.15) is 22.9 Å². The molecule has 0 saturated carbocycles. The monoisotopic (exact) mass is 386 g/mol. The molecule has 0 aliphatic carbocycles. The molecule has 3 rings (SSSR count). The second-order valence-electron chi connectivity index (χ2n) is 5.99. The van der Waals surface area contributed by atoms with E-state index in [-0.39, 0.29) is 24.5 Å². The average Bonchev–Trinajstić information content (AvgIpc) is 3.27. The number of aryl methyl sites for hydroxylation is 1. The quantitative estimate of drug-likeness (QED) is 0.602. The minimum absolute atomic E-state index is 0.147. The summed E-state index contributed by atoms with van der Waals surface area (Å²) >= 11 is 0. The molecule has 146 valence electrons. The van der Waals surface area contributed by atoms with Crippen LogP contribution in [0.5, 0.6) is 0 Å². The van der Waals surface area contributed by atoms with Crippen molar-refractivity contribution in [3.8, 4) is 11.3 Å². The van der Waals surface area contributed by atoms with Crippen molar-refractivity contribution in [2.45, 2.75) is 20.4 Å². The van der Waals surface area contributed by atoms with Crippen LogP contribution in [0, 0.1) is 12.7 Å². The van der Waals surface area contributed by atoms with Gasteiger partial charge in [0.2, 0.25) is 0 Å². The summed E-state index contributed by atoms with van der Waals surface area (Å²) in [5.74, 6) is -0.635. The topological polar surface area (TPSA) is 83.6 Å². The first-order valence-electron chi connectivity index (χ1n) is 8.60. The third-order valence-electron chi connectivity index (χ3n) is 4.14. The Morgan fingerprint density at radius 3 is 2.57 bits per heavy atom. The Bertz CT molecular complexity index is 1000. The number of furan rings is 1. The van der Waals surface area contributed by atoms with Crippen molar-refractivity contribution in [3.05, 3.63) is 64.9 Å². The minimum Gasteiger partial charge on any atom is -0.465 e. The lowest BCUT2D eigenvalue weighted by molar-refractivity contribution is 0.0525. The summed E-state index contributed by atoms with van der Waals surface area (Å²) in [7, 11) is 1.28. The number of methoxy groups -OCH3 is 1. The SMILES string of the molecule is CCOC(=O)c1cnn(Cc2c(-c3ccc(F)cc3)oc(C)c2C(=O)OC)c1. The number of hydrogen-bond donors (Lipinski definition) is 0. The van der Waals surface area contributed by atoms with Gasteiger partial charge in [0, 0.05) is 17.3 Å². The van der Waals surface area contributed by atoms with Crippen LogP contribution in [0.25, 0.3) is 11.3 Å². The molecular formula is C20H19FN2O5. The lowest BCUT2D eigenvalue weighted by atomic mass is 10.0. The number of ether oxygens (including phenoxy) is 2. The average molecular weight is 386 g/mol. The molecule has 8 heteroatoms. The standard InChI is InChI=1S/C20H19FN2O5/c1-4-27-19(24)14-9-22-23(10-14)11-16-17(20(25)26-3)12(2)28-18(16)13-5-7-15(21)8-6-13/h5-10H,4,11H2,1-3H3. The predicted molar refractivity (Wildman–Crippen MR) is 97.5 cm³/mol. The Balaban J connectivity index is 2.04. The first-order valence-corrected chi connectivity index (χ1v) is 8.60.